The van der Waals surface area contributed by atoms with Crippen molar-refractivity contribution >= 4 is 17.7 Å². The number of nitrogens with one attached hydrogen (secondary N) is 1. The number of urea groups is 1. The lowest BCUT2D eigenvalue weighted by Gasteiger charge is -2.27. The summed E-state index contributed by atoms with van der Waals surface area (Å²) in [6.45, 7) is 4.33. The molecule has 0 radical (unpaired) electrons. The van der Waals surface area contributed by atoms with Crippen molar-refractivity contribution in [1.29, 1.82) is 0 Å². The molecule has 0 spiro atoms. The van der Waals surface area contributed by atoms with Gasteiger partial charge in [-0.05, 0) is 26.9 Å². The van der Waals surface area contributed by atoms with Crippen LogP contribution in [-0.2, 0) is 11.3 Å². The van der Waals surface area contributed by atoms with Crippen LogP contribution < -0.4 is 5.32 Å². The Morgan fingerprint density at radius 1 is 1.48 bits per heavy atom. The molecule has 0 saturated carbocycles. The van der Waals surface area contributed by atoms with Crippen molar-refractivity contribution in [1.82, 2.24) is 19.6 Å². The van der Waals surface area contributed by atoms with E-state index in [0.29, 0.717) is 12.2 Å². The van der Waals surface area contributed by atoms with Crippen molar-refractivity contribution in [3.05, 3.63) is 12.4 Å². The van der Waals surface area contributed by atoms with Crippen LogP contribution in [-0.4, -0.2) is 69.4 Å². The van der Waals surface area contributed by atoms with Gasteiger partial charge < -0.3 is 20.2 Å². The van der Waals surface area contributed by atoms with Gasteiger partial charge in [-0.1, -0.05) is 0 Å². The predicted molar refractivity (Wildman–Crippen MR) is 77.2 cm³/mol. The number of rotatable bonds is 3. The summed E-state index contributed by atoms with van der Waals surface area (Å²) in [7, 11) is 2.05. The number of amides is 2. The van der Waals surface area contributed by atoms with Crippen LogP contribution in [0.5, 0.6) is 0 Å². The Labute approximate surface area is 123 Å². The van der Waals surface area contributed by atoms with E-state index in [1.807, 2.05) is 14.0 Å². The first-order valence-electron chi connectivity index (χ1n) is 6.96. The molecule has 8 heteroatoms. The highest BCUT2D eigenvalue weighted by atomic mass is 16.4. The van der Waals surface area contributed by atoms with Gasteiger partial charge in [0, 0.05) is 25.3 Å². The van der Waals surface area contributed by atoms with E-state index in [1.165, 1.54) is 17.1 Å². The van der Waals surface area contributed by atoms with E-state index < -0.39 is 5.97 Å². The number of likely N-dealkylation sites (N-methyl/N-ethyl adjacent to an activating group) is 1. The van der Waals surface area contributed by atoms with E-state index in [9.17, 15) is 9.59 Å². The van der Waals surface area contributed by atoms with Crippen LogP contribution in [0.3, 0.4) is 0 Å². The Balaban J connectivity index is 1.96. The van der Waals surface area contributed by atoms with Crippen LogP contribution in [0.25, 0.3) is 0 Å². The molecule has 0 bridgehead atoms. The maximum absolute atomic E-state index is 12.3. The van der Waals surface area contributed by atoms with E-state index in [0.717, 1.165) is 19.5 Å². The van der Waals surface area contributed by atoms with E-state index >= 15 is 0 Å². The largest absolute Gasteiger partial charge is 0.480 e. The van der Waals surface area contributed by atoms with Crippen LogP contribution in [0.2, 0.25) is 0 Å². The zero-order valence-electron chi connectivity index (χ0n) is 12.3. The maximum atomic E-state index is 12.3. The minimum absolute atomic E-state index is 0.131. The third-order valence-electron chi connectivity index (χ3n) is 3.49. The lowest BCUT2D eigenvalue weighted by Crippen LogP contribution is -2.44. The molecule has 2 N–H and O–H groups in total. The van der Waals surface area contributed by atoms with Crippen molar-refractivity contribution < 1.29 is 14.7 Å². The quantitative estimate of drug-likeness (QED) is 0.848. The fourth-order valence-corrected chi connectivity index (χ4v) is 2.52. The molecule has 1 fully saturated rings. The smallest absolute Gasteiger partial charge is 0.325 e. The molecule has 2 heterocycles. The lowest BCUT2D eigenvalue weighted by molar-refractivity contribution is -0.137. The van der Waals surface area contributed by atoms with Crippen molar-refractivity contribution in [2.75, 3.05) is 32.0 Å². The molecule has 0 aromatic carbocycles. The summed E-state index contributed by atoms with van der Waals surface area (Å²) in [4.78, 5) is 26.9. The third kappa shape index (κ3) is 4.19. The van der Waals surface area contributed by atoms with Gasteiger partial charge in [-0.15, -0.1) is 0 Å². The Morgan fingerprint density at radius 3 is 2.95 bits per heavy atom. The van der Waals surface area contributed by atoms with Crippen LogP contribution in [0, 0.1) is 0 Å². The number of aromatic nitrogens is 2. The standard InChI is InChI=1S/C13H21N5O3/c1-10-7-16(2)4-3-5-18(10)13(21)15-11-6-14-17(8-11)9-12(19)20/h6,8,10H,3-5,7,9H2,1-2H3,(H,15,21)(H,19,20). The van der Waals surface area contributed by atoms with E-state index in [1.54, 1.807) is 4.90 Å². The number of aliphatic carboxylic acids is 1. The molecule has 8 nitrogen and oxygen atoms in total. The lowest BCUT2D eigenvalue weighted by atomic mass is 10.3. The minimum Gasteiger partial charge on any atom is -0.480 e. The van der Waals surface area contributed by atoms with Gasteiger partial charge in [0.2, 0.25) is 0 Å². The van der Waals surface area contributed by atoms with Gasteiger partial charge in [0.15, 0.2) is 0 Å². The molecule has 2 rings (SSSR count). The van der Waals surface area contributed by atoms with Gasteiger partial charge in [0.1, 0.15) is 6.54 Å². The zero-order chi connectivity index (χ0) is 15.4. The maximum Gasteiger partial charge on any atom is 0.325 e. The number of carboxylic acids is 1. The Kier molecular flexibility index (Phi) is 4.79. The molecular weight excluding hydrogens is 274 g/mol. The molecule has 0 aliphatic carbocycles. The first kappa shape index (κ1) is 15.3. The second-order valence-corrected chi connectivity index (χ2v) is 5.41. The first-order chi connectivity index (χ1) is 9.95. The summed E-state index contributed by atoms with van der Waals surface area (Å²) in [6, 6.07) is -0.0424. The predicted octanol–water partition coefficient (Wildman–Crippen LogP) is 0.526. The fourth-order valence-electron chi connectivity index (χ4n) is 2.52. The Hall–Kier alpha value is -2.09. The zero-order valence-corrected chi connectivity index (χ0v) is 12.3. The average molecular weight is 295 g/mol. The normalized spacial score (nSPS) is 20.1. The molecular formula is C13H21N5O3. The molecule has 1 atom stereocenters. The van der Waals surface area contributed by atoms with Gasteiger partial charge in [-0.25, -0.2) is 4.79 Å². The topological polar surface area (TPSA) is 90.7 Å². The molecule has 1 aliphatic rings. The number of anilines is 1. The number of carboxylic acid groups (broad SMARTS) is 1. The molecule has 1 aliphatic heterocycles. The summed E-state index contributed by atoms with van der Waals surface area (Å²) in [5.41, 5.74) is 0.506. The molecule has 21 heavy (non-hydrogen) atoms. The van der Waals surface area contributed by atoms with Gasteiger partial charge in [0.25, 0.3) is 0 Å². The SMILES string of the molecule is CC1CN(C)CCCN1C(=O)Nc1cnn(CC(=O)O)c1. The molecule has 2 amide bonds. The highest BCUT2D eigenvalue weighted by Crippen LogP contribution is 2.12. The van der Waals surface area contributed by atoms with E-state index in [2.05, 4.69) is 15.3 Å². The second-order valence-electron chi connectivity index (χ2n) is 5.41. The summed E-state index contributed by atoms with van der Waals surface area (Å²) < 4.78 is 1.28. The Bertz CT molecular complexity index is 516. The van der Waals surface area contributed by atoms with Crippen molar-refractivity contribution in [2.24, 2.45) is 0 Å². The van der Waals surface area contributed by atoms with E-state index in [4.69, 9.17) is 5.11 Å². The highest BCUT2D eigenvalue weighted by Gasteiger charge is 2.24. The summed E-state index contributed by atoms with van der Waals surface area (Å²) in [6.07, 6.45) is 3.91. The van der Waals surface area contributed by atoms with Crippen molar-refractivity contribution in [3.8, 4) is 0 Å². The molecule has 1 saturated heterocycles. The monoisotopic (exact) mass is 295 g/mol. The summed E-state index contributed by atoms with van der Waals surface area (Å²) in [5, 5.41) is 15.4. The molecule has 1 unspecified atom stereocenters. The van der Waals surface area contributed by atoms with Crippen LogP contribution >= 0.6 is 0 Å². The summed E-state index contributed by atoms with van der Waals surface area (Å²) >= 11 is 0. The Morgan fingerprint density at radius 2 is 2.24 bits per heavy atom. The van der Waals surface area contributed by atoms with E-state index in [-0.39, 0.29) is 18.6 Å². The van der Waals surface area contributed by atoms with Crippen molar-refractivity contribution in [3.63, 3.8) is 0 Å². The number of carbonyl (C=O) groups excluding carboxylic acids is 1. The second kappa shape index (κ2) is 6.57. The van der Waals surface area contributed by atoms with Gasteiger partial charge in [-0.2, -0.15) is 5.10 Å². The number of carbonyl (C=O) groups is 2. The third-order valence-corrected chi connectivity index (χ3v) is 3.49. The van der Waals surface area contributed by atoms with Crippen LogP contribution in [0.4, 0.5) is 10.5 Å². The number of nitrogens with zero attached hydrogens (tertiary/aromatic N) is 4. The van der Waals surface area contributed by atoms with Crippen LogP contribution in [0.15, 0.2) is 12.4 Å². The average Bonchev–Trinajstić information content (AvgIpc) is 2.72. The molecule has 116 valence electrons. The fraction of sp³-hybridized carbons (Fsp3) is 0.615. The first-order valence-corrected chi connectivity index (χ1v) is 6.96. The van der Waals surface area contributed by atoms with Gasteiger partial charge >= 0.3 is 12.0 Å². The molecule has 1 aromatic rings. The summed E-state index contributed by atoms with van der Waals surface area (Å²) in [5.74, 6) is -0.972. The highest BCUT2D eigenvalue weighted by molar-refractivity contribution is 5.89. The number of hydrogen-bond donors (Lipinski definition) is 2. The van der Waals surface area contributed by atoms with Gasteiger partial charge in [0.05, 0.1) is 11.9 Å². The minimum atomic E-state index is -0.972. The van der Waals surface area contributed by atoms with Crippen LogP contribution in [0.1, 0.15) is 13.3 Å². The molecule has 1 aromatic heterocycles. The van der Waals surface area contributed by atoms with Gasteiger partial charge in [-0.3, -0.25) is 9.48 Å². The van der Waals surface area contributed by atoms with Crippen molar-refractivity contribution in [2.45, 2.75) is 25.9 Å². The number of hydrogen-bond acceptors (Lipinski definition) is 4.